The molecule has 0 spiro atoms. The third-order valence-electron chi connectivity index (χ3n) is 2.18. The van der Waals surface area contributed by atoms with Gasteiger partial charge >= 0.3 is 0 Å². The van der Waals surface area contributed by atoms with Gasteiger partial charge in [-0.1, -0.05) is 22.9 Å². The molecule has 0 unspecified atom stereocenters. The lowest BCUT2D eigenvalue weighted by atomic mass is 10.2. The molecule has 2 nitrogen and oxygen atoms in total. The average Bonchev–Trinajstić information content (AvgIpc) is 2.63. The number of rotatable bonds is 2. The van der Waals surface area contributed by atoms with Gasteiger partial charge in [0.2, 0.25) is 0 Å². The van der Waals surface area contributed by atoms with Crippen LogP contribution in [0.2, 0.25) is 5.02 Å². The summed E-state index contributed by atoms with van der Waals surface area (Å²) >= 11 is 7.26. The van der Waals surface area contributed by atoms with Crippen LogP contribution in [0.3, 0.4) is 0 Å². The number of aromatic nitrogens is 1. The zero-order chi connectivity index (χ0) is 11.7. The second-order valence-electron chi connectivity index (χ2n) is 3.31. The molecule has 84 valence electrons. The smallest absolute Gasteiger partial charge is 0.133 e. The third kappa shape index (κ3) is 2.03. The van der Waals surface area contributed by atoms with Crippen LogP contribution in [0.4, 0.5) is 9.39 Å². The first-order chi connectivity index (χ1) is 7.61. The van der Waals surface area contributed by atoms with Gasteiger partial charge < -0.3 is 5.32 Å². The van der Waals surface area contributed by atoms with E-state index < -0.39 is 0 Å². The number of halogens is 2. The van der Waals surface area contributed by atoms with Gasteiger partial charge in [-0.3, -0.25) is 0 Å². The van der Waals surface area contributed by atoms with Gasteiger partial charge in [0.25, 0.3) is 0 Å². The maximum Gasteiger partial charge on any atom is 0.133 e. The number of thiazole rings is 1. The largest absolute Gasteiger partial charge is 0.378 e. The molecule has 1 aromatic heterocycles. The fraction of sp³-hybridized carbons (Fsp3) is 0.182. The van der Waals surface area contributed by atoms with Gasteiger partial charge in [-0.15, -0.1) is 0 Å². The van der Waals surface area contributed by atoms with Crippen molar-refractivity contribution in [1.29, 1.82) is 0 Å². The Labute approximate surface area is 102 Å². The predicted octanol–water partition coefficient (Wildman–Crippen LogP) is 3.95. The second kappa shape index (κ2) is 4.39. The molecule has 1 N–H and O–H groups in total. The molecule has 2 aromatic rings. The molecule has 0 bridgehead atoms. The Morgan fingerprint density at radius 2 is 2.19 bits per heavy atom. The van der Waals surface area contributed by atoms with Crippen molar-refractivity contribution in [2.45, 2.75) is 6.92 Å². The van der Waals surface area contributed by atoms with Gasteiger partial charge in [0, 0.05) is 17.6 Å². The van der Waals surface area contributed by atoms with E-state index in [2.05, 4.69) is 10.3 Å². The molecule has 0 aliphatic heterocycles. The lowest BCUT2D eigenvalue weighted by Crippen LogP contribution is -1.85. The SMILES string of the molecule is CNc1sc(-c2cc(Cl)ccc2F)nc1C. The standard InChI is InChI=1S/C11H10ClFN2S/c1-6-10(14-2)16-11(15-6)8-5-7(12)3-4-9(8)13/h3-5,14H,1-2H3. The van der Waals surface area contributed by atoms with Crippen LogP contribution in [0.1, 0.15) is 5.69 Å². The molecular weight excluding hydrogens is 247 g/mol. The summed E-state index contributed by atoms with van der Waals surface area (Å²) < 4.78 is 13.6. The molecule has 5 heteroatoms. The Hall–Kier alpha value is -1.13. The maximum atomic E-state index is 13.6. The fourth-order valence-corrected chi connectivity index (χ4v) is 2.51. The molecule has 2 rings (SSSR count). The van der Waals surface area contributed by atoms with Crippen molar-refractivity contribution in [3.63, 3.8) is 0 Å². The monoisotopic (exact) mass is 256 g/mol. The maximum absolute atomic E-state index is 13.6. The second-order valence-corrected chi connectivity index (χ2v) is 4.74. The highest BCUT2D eigenvalue weighted by atomic mass is 35.5. The Morgan fingerprint density at radius 3 is 2.81 bits per heavy atom. The predicted molar refractivity (Wildman–Crippen MR) is 66.8 cm³/mol. The molecular formula is C11H10ClFN2S. The zero-order valence-electron chi connectivity index (χ0n) is 8.84. The number of aryl methyl sites for hydroxylation is 1. The summed E-state index contributed by atoms with van der Waals surface area (Å²) in [4.78, 5) is 4.31. The number of hydrogen-bond donors (Lipinski definition) is 1. The number of nitrogens with one attached hydrogen (secondary N) is 1. The first-order valence-corrected chi connectivity index (χ1v) is 5.92. The van der Waals surface area contributed by atoms with Crippen LogP contribution >= 0.6 is 22.9 Å². The number of benzene rings is 1. The molecule has 0 amide bonds. The van der Waals surface area contributed by atoms with Crippen LogP contribution in [0.25, 0.3) is 10.6 Å². The van der Waals surface area contributed by atoms with Crippen LogP contribution in [0.5, 0.6) is 0 Å². The van der Waals surface area contributed by atoms with Crippen molar-refractivity contribution in [1.82, 2.24) is 4.98 Å². The minimum atomic E-state index is -0.305. The topological polar surface area (TPSA) is 24.9 Å². The van der Waals surface area contributed by atoms with Crippen molar-refractivity contribution < 1.29 is 4.39 Å². The van der Waals surface area contributed by atoms with Crippen molar-refractivity contribution in [2.75, 3.05) is 12.4 Å². The van der Waals surface area contributed by atoms with E-state index in [9.17, 15) is 4.39 Å². The van der Waals surface area contributed by atoms with E-state index in [1.165, 1.54) is 23.5 Å². The van der Waals surface area contributed by atoms with Crippen molar-refractivity contribution in [2.24, 2.45) is 0 Å². The Morgan fingerprint density at radius 1 is 1.44 bits per heavy atom. The molecule has 0 atom stereocenters. The molecule has 16 heavy (non-hydrogen) atoms. The summed E-state index contributed by atoms with van der Waals surface area (Å²) in [6.45, 7) is 1.88. The summed E-state index contributed by atoms with van der Waals surface area (Å²) in [5, 5.41) is 5.11. The highest BCUT2D eigenvalue weighted by Crippen LogP contribution is 2.33. The number of hydrogen-bond acceptors (Lipinski definition) is 3. The molecule has 1 aromatic carbocycles. The summed E-state index contributed by atoms with van der Waals surface area (Å²) in [5.74, 6) is -0.305. The number of nitrogens with zero attached hydrogens (tertiary/aromatic N) is 1. The summed E-state index contributed by atoms with van der Waals surface area (Å²) in [6.07, 6.45) is 0. The quantitative estimate of drug-likeness (QED) is 0.880. The van der Waals surface area contributed by atoms with Crippen LogP contribution < -0.4 is 5.32 Å². The van der Waals surface area contributed by atoms with Crippen LogP contribution in [-0.4, -0.2) is 12.0 Å². The lowest BCUT2D eigenvalue weighted by molar-refractivity contribution is 0.631. The van der Waals surface area contributed by atoms with E-state index in [0.717, 1.165) is 10.7 Å². The molecule has 0 aliphatic carbocycles. The molecule has 1 heterocycles. The molecule has 0 radical (unpaired) electrons. The molecule has 0 aliphatic rings. The van der Waals surface area contributed by atoms with Gasteiger partial charge in [0.1, 0.15) is 15.8 Å². The van der Waals surface area contributed by atoms with Crippen LogP contribution in [-0.2, 0) is 0 Å². The minimum Gasteiger partial charge on any atom is -0.378 e. The van der Waals surface area contributed by atoms with E-state index in [1.54, 1.807) is 6.07 Å². The van der Waals surface area contributed by atoms with Crippen molar-refractivity contribution in [3.8, 4) is 10.6 Å². The number of anilines is 1. The van der Waals surface area contributed by atoms with Crippen LogP contribution in [0, 0.1) is 12.7 Å². The first-order valence-electron chi connectivity index (χ1n) is 4.72. The van der Waals surface area contributed by atoms with E-state index in [1.807, 2.05) is 14.0 Å². The Kier molecular flexibility index (Phi) is 3.12. The minimum absolute atomic E-state index is 0.305. The normalized spacial score (nSPS) is 10.5. The van der Waals surface area contributed by atoms with Gasteiger partial charge in [-0.2, -0.15) is 0 Å². The zero-order valence-corrected chi connectivity index (χ0v) is 10.4. The van der Waals surface area contributed by atoms with E-state index in [-0.39, 0.29) is 5.82 Å². The van der Waals surface area contributed by atoms with Gasteiger partial charge in [-0.05, 0) is 25.1 Å². The van der Waals surface area contributed by atoms with E-state index in [4.69, 9.17) is 11.6 Å². The summed E-state index contributed by atoms with van der Waals surface area (Å²) in [7, 11) is 1.82. The van der Waals surface area contributed by atoms with E-state index in [0.29, 0.717) is 15.6 Å². The molecule has 0 saturated heterocycles. The Balaban J connectivity index is 2.53. The van der Waals surface area contributed by atoms with Gasteiger partial charge in [0.15, 0.2) is 0 Å². The van der Waals surface area contributed by atoms with Crippen molar-refractivity contribution >= 4 is 27.9 Å². The van der Waals surface area contributed by atoms with Crippen LogP contribution in [0.15, 0.2) is 18.2 Å². The lowest BCUT2D eigenvalue weighted by Gasteiger charge is -1.99. The first kappa shape index (κ1) is 11.4. The average molecular weight is 257 g/mol. The molecule has 0 saturated carbocycles. The highest BCUT2D eigenvalue weighted by Gasteiger charge is 2.12. The highest BCUT2D eigenvalue weighted by molar-refractivity contribution is 7.19. The van der Waals surface area contributed by atoms with E-state index >= 15 is 0 Å². The van der Waals surface area contributed by atoms with Gasteiger partial charge in [0.05, 0.1) is 5.69 Å². The third-order valence-corrected chi connectivity index (χ3v) is 3.63. The Bertz CT molecular complexity index is 525. The summed E-state index contributed by atoms with van der Waals surface area (Å²) in [6, 6.07) is 4.47. The van der Waals surface area contributed by atoms with Crippen molar-refractivity contribution in [3.05, 3.63) is 34.7 Å². The summed E-state index contributed by atoms with van der Waals surface area (Å²) in [5.41, 5.74) is 1.31. The molecule has 0 fully saturated rings. The fourth-order valence-electron chi connectivity index (χ4n) is 1.40. The van der Waals surface area contributed by atoms with Gasteiger partial charge in [-0.25, -0.2) is 9.37 Å².